The van der Waals surface area contributed by atoms with Crippen molar-refractivity contribution in [1.29, 1.82) is 0 Å². The average molecular weight is 243 g/mol. The zero-order valence-electron chi connectivity index (χ0n) is 8.31. The molecule has 0 aromatic carbocycles. The van der Waals surface area contributed by atoms with Crippen molar-refractivity contribution in [2.24, 2.45) is 5.92 Å². The minimum absolute atomic E-state index is 0.0795. The van der Waals surface area contributed by atoms with E-state index in [0.717, 1.165) is 0 Å². The lowest BCUT2D eigenvalue weighted by molar-refractivity contribution is -0.182. The molecule has 0 bridgehead atoms. The molecule has 88 valence electrons. The second-order valence-electron chi connectivity index (χ2n) is 4.40. The predicted octanol–water partition coefficient (Wildman–Crippen LogP) is 1.84. The van der Waals surface area contributed by atoms with Crippen molar-refractivity contribution in [3.63, 3.8) is 0 Å². The maximum Gasteiger partial charge on any atom is 0.393 e. The highest BCUT2D eigenvalue weighted by Crippen LogP contribution is 2.41. The van der Waals surface area contributed by atoms with Gasteiger partial charge in [0.15, 0.2) is 0 Å². The van der Waals surface area contributed by atoms with Gasteiger partial charge < -0.3 is 0 Å². The van der Waals surface area contributed by atoms with E-state index in [-0.39, 0.29) is 24.7 Å². The fourth-order valence-corrected chi connectivity index (χ4v) is 2.99. The zero-order chi connectivity index (χ0) is 11.2. The van der Waals surface area contributed by atoms with Crippen molar-refractivity contribution < 1.29 is 13.2 Å². The first kappa shape index (κ1) is 11.5. The highest BCUT2D eigenvalue weighted by Gasteiger charge is 2.51. The van der Waals surface area contributed by atoms with Gasteiger partial charge in [-0.3, -0.25) is 10.6 Å². The summed E-state index contributed by atoms with van der Waals surface area (Å²) in [6, 6.07) is -0.0114. The maximum atomic E-state index is 12.6. The van der Waals surface area contributed by atoms with E-state index in [9.17, 15) is 13.2 Å². The van der Waals surface area contributed by atoms with Crippen LogP contribution in [0.3, 0.4) is 0 Å². The predicted molar refractivity (Wildman–Crippen MR) is 51.7 cm³/mol. The summed E-state index contributed by atoms with van der Waals surface area (Å²) in [5, 5.41) is 5.50. The van der Waals surface area contributed by atoms with Crippen LogP contribution in [0.1, 0.15) is 19.8 Å². The molecule has 2 rings (SSSR count). The number of halogens is 4. The topological polar surface area (TPSA) is 24.1 Å². The van der Waals surface area contributed by atoms with E-state index in [1.54, 1.807) is 0 Å². The fourth-order valence-electron chi connectivity index (χ4n) is 2.55. The molecular formula is C9H14ClF3N2. The molecule has 15 heavy (non-hydrogen) atoms. The Balaban J connectivity index is 2.07. The first-order valence-electron chi connectivity index (χ1n) is 5.11. The number of hydrogen-bond acceptors (Lipinski definition) is 2. The van der Waals surface area contributed by atoms with Crippen LogP contribution in [-0.4, -0.2) is 29.8 Å². The summed E-state index contributed by atoms with van der Waals surface area (Å²) in [4.78, 5) is 0. The van der Waals surface area contributed by atoms with Crippen molar-refractivity contribution in [2.75, 3.05) is 0 Å². The van der Waals surface area contributed by atoms with E-state index >= 15 is 0 Å². The van der Waals surface area contributed by atoms with Gasteiger partial charge in [0, 0.05) is 17.5 Å². The second kappa shape index (κ2) is 3.79. The number of rotatable bonds is 0. The summed E-state index contributed by atoms with van der Waals surface area (Å²) in [5.74, 6) is -1.37. The third kappa shape index (κ3) is 2.24. The Kier molecular flexibility index (Phi) is 2.90. The van der Waals surface area contributed by atoms with Gasteiger partial charge in [0.25, 0.3) is 0 Å². The third-order valence-corrected chi connectivity index (χ3v) is 3.74. The van der Waals surface area contributed by atoms with Crippen LogP contribution in [0, 0.1) is 5.92 Å². The average Bonchev–Trinajstić information content (AvgIpc) is 2.40. The van der Waals surface area contributed by atoms with Crippen LogP contribution in [-0.2, 0) is 0 Å². The van der Waals surface area contributed by atoms with Crippen LogP contribution in [0.15, 0.2) is 0 Å². The minimum Gasteiger partial charge on any atom is -0.298 e. The van der Waals surface area contributed by atoms with Crippen LogP contribution in [0.2, 0.25) is 0 Å². The van der Waals surface area contributed by atoms with Crippen LogP contribution in [0.25, 0.3) is 0 Å². The maximum absolute atomic E-state index is 12.6. The highest BCUT2D eigenvalue weighted by molar-refractivity contribution is 6.21. The smallest absolute Gasteiger partial charge is 0.298 e. The summed E-state index contributed by atoms with van der Waals surface area (Å²) in [7, 11) is 0. The van der Waals surface area contributed by atoms with Gasteiger partial charge in [-0.15, -0.1) is 11.6 Å². The molecule has 0 aromatic rings. The van der Waals surface area contributed by atoms with Crippen molar-refractivity contribution in [2.45, 2.75) is 49.6 Å². The number of hydrogen-bond donors (Lipinski definition) is 2. The third-order valence-electron chi connectivity index (χ3n) is 3.26. The summed E-state index contributed by atoms with van der Waals surface area (Å²) in [6.45, 7) is 1.91. The molecule has 1 aliphatic carbocycles. The fraction of sp³-hybridized carbons (Fsp3) is 1.00. The molecule has 1 saturated heterocycles. The zero-order valence-corrected chi connectivity index (χ0v) is 9.07. The largest absolute Gasteiger partial charge is 0.393 e. The molecule has 0 radical (unpaired) electrons. The Hall–Kier alpha value is -0.0000000000000000486. The van der Waals surface area contributed by atoms with Crippen LogP contribution in [0.4, 0.5) is 13.2 Å². The lowest BCUT2D eigenvalue weighted by Gasteiger charge is -2.35. The van der Waals surface area contributed by atoms with Gasteiger partial charge in [-0.2, -0.15) is 13.2 Å². The van der Waals surface area contributed by atoms with E-state index in [4.69, 9.17) is 11.6 Å². The van der Waals surface area contributed by atoms with Gasteiger partial charge in [-0.1, -0.05) is 0 Å². The quantitative estimate of drug-likeness (QED) is 0.634. The Labute approximate surface area is 91.5 Å². The van der Waals surface area contributed by atoms with E-state index in [1.807, 2.05) is 6.92 Å². The summed E-state index contributed by atoms with van der Waals surface area (Å²) >= 11 is 5.79. The van der Waals surface area contributed by atoms with E-state index in [0.29, 0.717) is 6.42 Å². The number of nitrogens with one attached hydrogen (secondary N) is 2. The van der Waals surface area contributed by atoms with Crippen molar-refractivity contribution in [3.05, 3.63) is 0 Å². The molecule has 2 N–H and O–H groups in total. The molecule has 0 aromatic heterocycles. The first-order chi connectivity index (χ1) is 6.88. The van der Waals surface area contributed by atoms with Crippen molar-refractivity contribution in [1.82, 2.24) is 10.6 Å². The van der Waals surface area contributed by atoms with Crippen LogP contribution >= 0.6 is 11.6 Å². The van der Waals surface area contributed by atoms with Gasteiger partial charge in [-0.05, 0) is 19.8 Å². The van der Waals surface area contributed by atoms with Gasteiger partial charge in [0.1, 0.15) is 0 Å². The standard InChI is InChI=1S/C9H14ClF3N2/c1-4-14-7-2-5(9(11,12)13)6(10)3-8(7)15-4/h4-8,14-15H,2-3H2,1H3. The molecular weight excluding hydrogens is 229 g/mol. The van der Waals surface area contributed by atoms with Gasteiger partial charge in [-0.25, -0.2) is 0 Å². The molecule has 1 saturated carbocycles. The Morgan fingerprint density at radius 1 is 1.13 bits per heavy atom. The highest BCUT2D eigenvalue weighted by atomic mass is 35.5. The summed E-state index contributed by atoms with van der Waals surface area (Å²) in [6.07, 6.45) is -3.63. The molecule has 1 aliphatic heterocycles. The molecule has 1 heterocycles. The van der Waals surface area contributed by atoms with Crippen molar-refractivity contribution >= 4 is 11.6 Å². The van der Waals surface area contributed by atoms with Gasteiger partial charge in [0.05, 0.1) is 12.1 Å². The van der Waals surface area contributed by atoms with Crippen LogP contribution < -0.4 is 10.6 Å². The van der Waals surface area contributed by atoms with E-state index in [2.05, 4.69) is 10.6 Å². The first-order valence-corrected chi connectivity index (χ1v) is 5.54. The second-order valence-corrected chi connectivity index (χ2v) is 4.96. The molecule has 2 aliphatic rings. The van der Waals surface area contributed by atoms with Crippen LogP contribution in [0.5, 0.6) is 0 Å². The Morgan fingerprint density at radius 2 is 1.67 bits per heavy atom. The summed E-state index contributed by atoms with van der Waals surface area (Å²) < 4.78 is 37.8. The molecule has 2 nitrogen and oxygen atoms in total. The monoisotopic (exact) mass is 242 g/mol. The Morgan fingerprint density at radius 3 is 2.20 bits per heavy atom. The number of alkyl halides is 4. The molecule has 5 unspecified atom stereocenters. The summed E-state index contributed by atoms with van der Waals surface area (Å²) in [5.41, 5.74) is 0. The number of fused-ring (bicyclic) bond motifs is 1. The normalized spacial score (nSPS) is 46.6. The minimum atomic E-state index is -4.18. The molecule has 6 heteroatoms. The SMILES string of the molecule is CC1NC2CC(Cl)C(C(F)(F)F)CC2N1. The van der Waals surface area contributed by atoms with E-state index in [1.165, 1.54) is 0 Å². The van der Waals surface area contributed by atoms with E-state index < -0.39 is 17.5 Å². The lowest BCUT2D eigenvalue weighted by atomic mass is 9.82. The van der Waals surface area contributed by atoms with Gasteiger partial charge >= 0.3 is 6.18 Å². The van der Waals surface area contributed by atoms with Gasteiger partial charge in [0.2, 0.25) is 0 Å². The molecule has 0 spiro atoms. The van der Waals surface area contributed by atoms with Crippen molar-refractivity contribution in [3.8, 4) is 0 Å². The molecule has 5 atom stereocenters. The molecule has 2 fully saturated rings. The lowest BCUT2D eigenvalue weighted by Crippen LogP contribution is -2.48. The molecule has 0 amide bonds. The Bertz CT molecular complexity index is 246.